The van der Waals surface area contributed by atoms with Crippen LogP contribution in [0.4, 0.5) is 4.39 Å². The number of likely N-dealkylation sites (N-methyl/N-ethyl adjacent to an activating group) is 1. The number of hydrogen-bond acceptors (Lipinski definition) is 3. The zero-order valence-corrected chi connectivity index (χ0v) is 11.5. The Morgan fingerprint density at radius 1 is 1.33 bits per heavy atom. The summed E-state index contributed by atoms with van der Waals surface area (Å²) in [6.07, 6.45) is 0. The predicted octanol–water partition coefficient (Wildman–Crippen LogP) is 1.80. The van der Waals surface area contributed by atoms with Crippen molar-refractivity contribution < 1.29 is 9.13 Å². The number of methoxy groups -OCH3 is 1. The first-order valence-corrected chi connectivity index (χ1v) is 6.26. The van der Waals surface area contributed by atoms with Crippen LogP contribution in [0.15, 0.2) is 18.2 Å². The van der Waals surface area contributed by atoms with Crippen LogP contribution in [-0.2, 0) is 11.3 Å². The topological polar surface area (TPSA) is 24.5 Å². The van der Waals surface area contributed by atoms with E-state index in [0.717, 1.165) is 38.3 Å². The van der Waals surface area contributed by atoms with Crippen LogP contribution >= 0.6 is 0 Å². The van der Waals surface area contributed by atoms with E-state index in [1.54, 1.807) is 13.2 Å². The Bertz CT molecular complexity index is 358. The van der Waals surface area contributed by atoms with Gasteiger partial charge < -0.3 is 15.0 Å². The largest absolute Gasteiger partial charge is 0.383 e. The summed E-state index contributed by atoms with van der Waals surface area (Å²) < 4.78 is 17.9. The fourth-order valence-electron chi connectivity index (χ4n) is 1.78. The van der Waals surface area contributed by atoms with E-state index in [1.807, 2.05) is 13.0 Å². The van der Waals surface area contributed by atoms with E-state index in [2.05, 4.69) is 17.3 Å². The van der Waals surface area contributed by atoms with Crippen LogP contribution in [0.1, 0.15) is 11.1 Å². The normalized spacial score (nSPS) is 11.2. The van der Waals surface area contributed by atoms with Gasteiger partial charge in [-0.1, -0.05) is 6.07 Å². The summed E-state index contributed by atoms with van der Waals surface area (Å²) in [4.78, 5) is 2.22. The van der Waals surface area contributed by atoms with Crippen molar-refractivity contribution in [3.8, 4) is 0 Å². The molecule has 0 atom stereocenters. The second-order valence-electron chi connectivity index (χ2n) is 4.55. The molecule has 0 fully saturated rings. The summed E-state index contributed by atoms with van der Waals surface area (Å²) in [5.74, 6) is -0.167. The van der Waals surface area contributed by atoms with Gasteiger partial charge in [-0.25, -0.2) is 4.39 Å². The van der Waals surface area contributed by atoms with Crippen molar-refractivity contribution in [2.24, 2.45) is 0 Å². The van der Waals surface area contributed by atoms with Crippen LogP contribution in [0.25, 0.3) is 0 Å². The molecule has 0 aromatic heterocycles. The number of nitrogens with zero attached hydrogens (tertiary/aromatic N) is 1. The van der Waals surface area contributed by atoms with Crippen molar-refractivity contribution in [2.75, 3.05) is 40.4 Å². The van der Waals surface area contributed by atoms with Gasteiger partial charge in [-0.05, 0) is 37.2 Å². The van der Waals surface area contributed by atoms with E-state index in [4.69, 9.17) is 4.74 Å². The predicted molar refractivity (Wildman–Crippen MR) is 72.2 cm³/mol. The number of nitrogens with one attached hydrogen (secondary N) is 1. The van der Waals surface area contributed by atoms with Crippen LogP contribution in [-0.4, -0.2) is 45.3 Å². The first-order chi connectivity index (χ1) is 8.63. The molecule has 4 heteroatoms. The highest BCUT2D eigenvalue weighted by Crippen LogP contribution is 2.11. The molecule has 1 N–H and O–H groups in total. The maximum absolute atomic E-state index is 13.0. The van der Waals surface area contributed by atoms with Gasteiger partial charge in [-0.15, -0.1) is 0 Å². The van der Waals surface area contributed by atoms with Gasteiger partial charge in [0.25, 0.3) is 0 Å². The molecule has 1 aromatic carbocycles. The van der Waals surface area contributed by atoms with Gasteiger partial charge in [0, 0.05) is 33.3 Å². The first-order valence-electron chi connectivity index (χ1n) is 6.26. The van der Waals surface area contributed by atoms with Crippen LogP contribution in [0.5, 0.6) is 0 Å². The molecule has 0 heterocycles. The lowest BCUT2D eigenvalue weighted by Gasteiger charge is -2.18. The van der Waals surface area contributed by atoms with E-state index < -0.39 is 0 Å². The molecule has 0 amide bonds. The lowest BCUT2D eigenvalue weighted by Crippen LogP contribution is -2.30. The number of benzene rings is 1. The summed E-state index contributed by atoms with van der Waals surface area (Å²) >= 11 is 0. The molecule has 0 radical (unpaired) electrons. The highest BCUT2D eigenvalue weighted by atomic mass is 19.1. The number of hydrogen-bond donors (Lipinski definition) is 1. The van der Waals surface area contributed by atoms with Crippen LogP contribution in [0, 0.1) is 12.7 Å². The Morgan fingerprint density at radius 3 is 2.78 bits per heavy atom. The quantitative estimate of drug-likeness (QED) is 0.716. The Labute approximate surface area is 109 Å². The molecular weight excluding hydrogens is 231 g/mol. The molecular formula is C14H23FN2O. The summed E-state index contributed by atoms with van der Waals surface area (Å²) in [6, 6.07) is 4.96. The Morgan fingerprint density at radius 2 is 2.11 bits per heavy atom. The van der Waals surface area contributed by atoms with Crippen molar-refractivity contribution in [3.63, 3.8) is 0 Å². The molecule has 0 aliphatic carbocycles. The van der Waals surface area contributed by atoms with Gasteiger partial charge >= 0.3 is 0 Å². The molecule has 0 unspecified atom stereocenters. The highest BCUT2D eigenvalue weighted by molar-refractivity contribution is 5.26. The summed E-state index contributed by atoms with van der Waals surface area (Å²) in [5, 5.41) is 3.30. The van der Waals surface area contributed by atoms with Crippen molar-refractivity contribution in [1.82, 2.24) is 10.2 Å². The monoisotopic (exact) mass is 254 g/mol. The average molecular weight is 254 g/mol. The van der Waals surface area contributed by atoms with Crippen LogP contribution in [0.2, 0.25) is 0 Å². The van der Waals surface area contributed by atoms with Crippen molar-refractivity contribution in [3.05, 3.63) is 35.1 Å². The van der Waals surface area contributed by atoms with Crippen molar-refractivity contribution >= 4 is 0 Å². The van der Waals surface area contributed by atoms with E-state index in [0.29, 0.717) is 0 Å². The van der Waals surface area contributed by atoms with Crippen molar-refractivity contribution in [1.29, 1.82) is 0 Å². The molecule has 1 aromatic rings. The zero-order chi connectivity index (χ0) is 13.4. The Kier molecular flexibility index (Phi) is 6.86. The van der Waals surface area contributed by atoms with Crippen molar-refractivity contribution in [2.45, 2.75) is 13.5 Å². The number of halogens is 1. The summed E-state index contributed by atoms with van der Waals surface area (Å²) in [5.41, 5.74) is 2.19. The minimum Gasteiger partial charge on any atom is -0.383 e. The van der Waals surface area contributed by atoms with Gasteiger partial charge in [-0.2, -0.15) is 0 Å². The van der Waals surface area contributed by atoms with Gasteiger partial charge in [0.2, 0.25) is 0 Å². The summed E-state index contributed by atoms with van der Waals surface area (Å²) in [7, 11) is 3.77. The van der Waals surface area contributed by atoms with Crippen LogP contribution in [0.3, 0.4) is 0 Å². The molecule has 0 spiro atoms. The Hall–Kier alpha value is -0.970. The van der Waals surface area contributed by atoms with Crippen LogP contribution < -0.4 is 5.32 Å². The molecule has 3 nitrogen and oxygen atoms in total. The van der Waals surface area contributed by atoms with E-state index in [-0.39, 0.29) is 5.82 Å². The third kappa shape index (κ3) is 5.58. The standard InChI is InChI=1S/C14H23FN2O/c1-12-10-14(15)5-4-13(12)11-17(2)8-6-16-7-9-18-3/h4-5,10,16H,6-9,11H2,1-3H3. The number of ether oxygens (including phenoxy) is 1. The summed E-state index contributed by atoms with van der Waals surface area (Å²) in [6.45, 7) is 6.29. The average Bonchev–Trinajstić information content (AvgIpc) is 2.32. The van der Waals surface area contributed by atoms with E-state index in [9.17, 15) is 4.39 Å². The fourth-order valence-corrected chi connectivity index (χ4v) is 1.78. The third-order valence-corrected chi connectivity index (χ3v) is 2.90. The van der Waals surface area contributed by atoms with Gasteiger partial charge in [0.1, 0.15) is 5.82 Å². The minimum atomic E-state index is -0.167. The lowest BCUT2D eigenvalue weighted by atomic mass is 10.1. The number of rotatable bonds is 8. The second kappa shape index (κ2) is 8.19. The minimum absolute atomic E-state index is 0.167. The maximum atomic E-state index is 13.0. The molecule has 0 bridgehead atoms. The lowest BCUT2D eigenvalue weighted by molar-refractivity contribution is 0.197. The molecule has 0 saturated carbocycles. The molecule has 1 rings (SSSR count). The molecule has 102 valence electrons. The Balaban J connectivity index is 2.28. The zero-order valence-electron chi connectivity index (χ0n) is 11.5. The van der Waals surface area contributed by atoms with Gasteiger partial charge in [0.05, 0.1) is 6.61 Å². The smallest absolute Gasteiger partial charge is 0.123 e. The first kappa shape index (κ1) is 15.1. The van der Waals surface area contributed by atoms with Gasteiger partial charge in [0.15, 0.2) is 0 Å². The molecule has 0 aliphatic heterocycles. The molecule has 0 aliphatic rings. The highest BCUT2D eigenvalue weighted by Gasteiger charge is 2.04. The van der Waals surface area contributed by atoms with E-state index >= 15 is 0 Å². The molecule has 18 heavy (non-hydrogen) atoms. The number of aryl methyl sites for hydroxylation is 1. The fraction of sp³-hybridized carbons (Fsp3) is 0.571. The van der Waals surface area contributed by atoms with E-state index in [1.165, 1.54) is 11.6 Å². The molecule has 0 saturated heterocycles. The maximum Gasteiger partial charge on any atom is 0.123 e. The SMILES string of the molecule is COCCNCCN(C)Cc1ccc(F)cc1C. The second-order valence-corrected chi connectivity index (χ2v) is 4.55. The third-order valence-electron chi connectivity index (χ3n) is 2.90. The van der Waals surface area contributed by atoms with Gasteiger partial charge in [-0.3, -0.25) is 0 Å².